The van der Waals surface area contributed by atoms with Gasteiger partial charge in [0.2, 0.25) is 5.91 Å². The molecule has 1 aliphatic rings. The van der Waals surface area contributed by atoms with Crippen LogP contribution in [0.1, 0.15) is 18.4 Å². The Labute approximate surface area is 130 Å². The first kappa shape index (κ1) is 16.7. The third-order valence-electron chi connectivity index (χ3n) is 3.96. The molecule has 0 spiro atoms. The highest BCUT2D eigenvalue weighted by molar-refractivity contribution is 5.76. The largest absolute Gasteiger partial charge is 0.496 e. The monoisotopic (exact) mass is 309 g/mol. The zero-order valence-corrected chi connectivity index (χ0v) is 13.1. The number of methoxy groups -OCH3 is 1. The van der Waals surface area contributed by atoms with Crippen molar-refractivity contribution in [3.05, 3.63) is 29.6 Å². The van der Waals surface area contributed by atoms with Gasteiger partial charge in [0.25, 0.3) is 0 Å². The second-order valence-electron chi connectivity index (χ2n) is 5.51. The summed E-state index contributed by atoms with van der Waals surface area (Å²) < 4.78 is 18.7. The number of piperazine rings is 1. The van der Waals surface area contributed by atoms with E-state index in [1.54, 1.807) is 13.2 Å². The van der Waals surface area contributed by atoms with E-state index in [9.17, 15) is 9.18 Å². The summed E-state index contributed by atoms with van der Waals surface area (Å²) in [4.78, 5) is 16.0. The minimum absolute atomic E-state index is 0.174. The first-order valence-corrected chi connectivity index (χ1v) is 7.66. The zero-order valence-electron chi connectivity index (χ0n) is 13.1. The predicted octanol–water partition coefficient (Wildman–Crippen LogP) is 1.22. The molecule has 1 aliphatic heterocycles. The molecule has 1 saturated heterocycles. The fourth-order valence-corrected chi connectivity index (χ4v) is 2.68. The molecule has 2 N–H and O–H groups in total. The van der Waals surface area contributed by atoms with Gasteiger partial charge in [0.05, 0.1) is 7.11 Å². The van der Waals surface area contributed by atoms with Crippen LogP contribution in [-0.2, 0) is 11.3 Å². The summed E-state index contributed by atoms with van der Waals surface area (Å²) in [5, 5.41) is 0. The van der Waals surface area contributed by atoms with Crippen molar-refractivity contribution in [3.8, 4) is 5.75 Å². The Balaban J connectivity index is 1.87. The minimum atomic E-state index is -0.258. The van der Waals surface area contributed by atoms with Gasteiger partial charge < -0.3 is 15.4 Å². The average molecular weight is 309 g/mol. The van der Waals surface area contributed by atoms with Gasteiger partial charge in [-0.3, -0.25) is 9.69 Å². The number of carbonyl (C=O) groups excluding carboxylic acids is 1. The molecule has 1 aromatic carbocycles. The molecule has 1 amide bonds. The number of benzene rings is 1. The topological polar surface area (TPSA) is 58.8 Å². The van der Waals surface area contributed by atoms with Gasteiger partial charge in [-0.05, 0) is 31.2 Å². The van der Waals surface area contributed by atoms with Gasteiger partial charge in [-0.15, -0.1) is 0 Å². The fourth-order valence-electron chi connectivity index (χ4n) is 2.68. The molecule has 2 rings (SSSR count). The van der Waals surface area contributed by atoms with Crippen molar-refractivity contribution in [1.82, 2.24) is 9.80 Å². The molecule has 5 nitrogen and oxygen atoms in total. The summed E-state index contributed by atoms with van der Waals surface area (Å²) in [5.74, 6) is 0.614. The molecule has 6 heteroatoms. The third kappa shape index (κ3) is 4.42. The lowest BCUT2D eigenvalue weighted by Crippen LogP contribution is -2.48. The van der Waals surface area contributed by atoms with Gasteiger partial charge >= 0.3 is 0 Å². The van der Waals surface area contributed by atoms with E-state index in [0.717, 1.165) is 25.1 Å². The summed E-state index contributed by atoms with van der Waals surface area (Å²) >= 11 is 0. The molecule has 1 fully saturated rings. The van der Waals surface area contributed by atoms with Crippen molar-refractivity contribution >= 4 is 5.91 Å². The van der Waals surface area contributed by atoms with Crippen LogP contribution in [0.15, 0.2) is 18.2 Å². The van der Waals surface area contributed by atoms with Crippen LogP contribution in [0.4, 0.5) is 4.39 Å². The van der Waals surface area contributed by atoms with Gasteiger partial charge in [-0.25, -0.2) is 4.39 Å². The third-order valence-corrected chi connectivity index (χ3v) is 3.96. The van der Waals surface area contributed by atoms with E-state index in [1.165, 1.54) is 12.1 Å². The molecule has 122 valence electrons. The first-order valence-electron chi connectivity index (χ1n) is 7.66. The van der Waals surface area contributed by atoms with E-state index >= 15 is 0 Å². The number of amides is 1. The number of rotatable bonds is 6. The number of hydrogen-bond donors (Lipinski definition) is 1. The lowest BCUT2D eigenvalue weighted by atomic mass is 10.1. The van der Waals surface area contributed by atoms with Gasteiger partial charge in [-0.1, -0.05) is 0 Å². The maximum atomic E-state index is 13.4. The van der Waals surface area contributed by atoms with Crippen molar-refractivity contribution in [3.63, 3.8) is 0 Å². The molecule has 0 bridgehead atoms. The van der Waals surface area contributed by atoms with Crippen molar-refractivity contribution in [2.45, 2.75) is 19.4 Å². The number of hydrogen-bond acceptors (Lipinski definition) is 4. The molecular formula is C16H24FN3O2. The quantitative estimate of drug-likeness (QED) is 0.858. The van der Waals surface area contributed by atoms with E-state index in [0.29, 0.717) is 38.3 Å². The van der Waals surface area contributed by atoms with Gasteiger partial charge in [0.1, 0.15) is 11.6 Å². The molecule has 0 saturated carbocycles. The zero-order chi connectivity index (χ0) is 15.9. The van der Waals surface area contributed by atoms with Crippen molar-refractivity contribution < 1.29 is 13.9 Å². The molecule has 0 atom stereocenters. The molecule has 0 aromatic heterocycles. The summed E-state index contributed by atoms with van der Waals surface area (Å²) in [6.45, 7) is 4.17. The highest BCUT2D eigenvalue weighted by Gasteiger charge is 2.21. The van der Waals surface area contributed by atoms with Crippen molar-refractivity contribution in [2.24, 2.45) is 5.73 Å². The van der Waals surface area contributed by atoms with Gasteiger partial charge in [0, 0.05) is 44.7 Å². The molecule has 22 heavy (non-hydrogen) atoms. The Bertz CT molecular complexity index is 502. The Morgan fingerprint density at radius 3 is 2.68 bits per heavy atom. The van der Waals surface area contributed by atoms with Crippen LogP contribution in [0.5, 0.6) is 5.75 Å². The van der Waals surface area contributed by atoms with E-state index in [-0.39, 0.29) is 11.7 Å². The Hall–Kier alpha value is -1.66. The van der Waals surface area contributed by atoms with Crippen LogP contribution in [0.25, 0.3) is 0 Å². The second-order valence-corrected chi connectivity index (χ2v) is 5.51. The second kappa shape index (κ2) is 8.10. The van der Waals surface area contributed by atoms with Crippen LogP contribution in [-0.4, -0.2) is 55.5 Å². The normalized spacial score (nSPS) is 15.9. The first-order chi connectivity index (χ1) is 10.6. The Kier molecular flexibility index (Phi) is 6.15. The Morgan fingerprint density at radius 2 is 2.05 bits per heavy atom. The van der Waals surface area contributed by atoms with Gasteiger partial charge in [0.15, 0.2) is 0 Å². The maximum Gasteiger partial charge on any atom is 0.222 e. The van der Waals surface area contributed by atoms with E-state index in [1.807, 2.05) is 4.90 Å². The summed E-state index contributed by atoms with van der Waals surface area (Å²) in [6.07, 6.45) is 1.26. The highest BCUT2D eigenvalue weighted by atomic mass is 19.1. The molecule has 0 unspecified atom stereocenters. The predicted molar refractivity (Wildman–Crippen MR) is 83.1 cm³/mol. The molecule has 0 aliphatic carbocycles. The number of halogens is 1. The average Bonchev–Trinajstić information content (AvgIpc) is 2.53. The lowest BCUT2D eigenvalue weighted by molar-refractivity contribution is -0.133. The number of ether oxygens (including phenoxy) is 1. The molecule has 1 heterocycles. The number of carbonyl (C=O) groups is 1. The Morgan fingerprint density at radius 1 is 1.32 bits per heavy atom. The van der Waals surface area contributed by atoms with Crippen LogP contribution in [0.2, 0.25) is 0 Å². The number of nitrogens with two attached hydrogens (primary N) is 1. The fraction of sp³-hybridized carbons (Fsp3) is 0.562. The number of nitrogens with zero attached hydrogens (tertiary/aromatic N) is 2. The summed E-state index contributed by atoms with van der Waals surface area (Å²) in [6, 6.07) is 4.56. The summed E-state index contributed by atoms with van der Waals surface area (Å²) in [7, 11) is 1.59. The van der Waals surface area contributed by atoms with Gasteiger partial charge in [-0.2, -0.15) is 0 Å². The molecule has 0 radical (unpaired) electrons. The van der Waals surface area contributed by atoms with Crippen LogP contribution in [0.3, 0.4) is 0 Å². The maximum absolute atomic E-state index is 13.4. The van der Waals surface area contributed by atoms with Crippen LogP contribution >= 0.6 is 0 Å². The lowest BCUT2D eigenvalue weighted by Gasteiger charge is -2.35. The summed E-state index contributed by atoms with van der Waals surface area (Å²) in [5.41, 5.74) is 6.27. The van der Waals surface area contributed by atoms with Crippen LogP contribution < -0.4 is 10.5 Å². The van der Waals surface area contributed by atoms with E-state index in [4.69, 9.17) is 10.5 Å². The molecular weight excluding hydrogens is 285 g/mol. The highest BCUT2D eigenvalue weighted by Crippen LogP contribution is 2.21. The SMILES string of the molecule is COc1ccc(F)cc1CN1CCN(C(=O)CCCN)CC1. The minimum Gasteiger partial charge on any atom is -0.496 e. The van der Waals surface area contributed by atoms with Crippen LogP contribution in [0, 0.1) is 5.82 Å². The molecule has 1 aromatic rings. The van der Waals surface area contributed by atoms with E-state index in [2.05, 4.69) is 4.90 Å². The smallest absolute Gasteiger partial charge is 0.222 e. The van der Waals surface area contributed by atoms with Crippen molar-refractivity contribution in [1.29, 1.82) is 0 Å². The van der Waals surface area contributed by atoms with E-state index < -0.39 is 0 Å². The van der Waals surface area contributed by atoms with Crippen molar-refractivity contribution in [2.75, 3.05) is 39.8 Å². The standard InChI is InChI=1S/C16H24FN3O2/c1-22-15-5-4-14(17)11-13(15)12-19-7-9-20(10-8-19)16(21)3-2-6-18/h4-5,11H,2-3,6-10,12,18H2,1H3.